The summed E-state index contributed by atoms with van der Waals surface area (Å²) in [6.45, 7) is 1.40. The maximum absolute atomic E-state index is 9.06. The zero-order chi connectivity index (χ0) is 13.9. The number of hydrogen-bond acceptors (Lipinski definition) is 8. The summed E-state index contributed by atoms with van der Waals surface area (Å²) in [5.41, 5.74) is 0.369. The van der Waals surface area contributed by atoms with Crippen LogP contribution in [0.15, 0.2) is 9.37 Å². The number of nitriles is 1. The van der Waals surface area contributed by atoms with Crippen LogP contribution in [0.4, 0.5) is 0 Å². The monoisotopic (exact) mass is 328 g/mol. The van der Waals surface area contributed by atoms with Crippen LogP contribution in [-0.4, -0.2) is 37.3 Å². The van der Waals surface area contributed by atoms with Gasteiger partial charge in [-0.3, -0.25) is 0 Å². The van der Waals surface area contributed by atoms with E-state index in [1.165, 1.54) is 23.3 Å². The average molecular weight is 329 g/mol. The van der Waals surface area contributed by atoms with E-state index in [0.29, 0.717) is 21.5 Å². The summed E-state index contributed by atoms with van der Waals surface area (Å²) in [6, 6.07) is 2.04. The quantitative estimate of drug-likeness (QED) is 0.847. The van der Waals surface area contributed by atoms with Gasteiger partial charge in [0, 0.05) is 6.61 Å². The Hall–Kier alpha value is -1.21. The van der Waals surface area contributed by atoms with Gasteiger partial charge in [0.15, 0.2) is 5.15 Å². The van der Waals surface area contributed by atoms with Crippen LogP contribution in [0, 0.1) is 11.3 Å². The number of tetrazole rings is 1. The van der Waals surface area contributed by atoms with Crippen LogP contribution < -0.4 is 0 Å². The lowest BCUT2D eigenvalue weighted by molar-refractivity contribution is 0.0912. The Labute approximate surface area is 128 Å². The second kappa shape index (κ2) is 6.05. The Kier molecular flexibility index (Phi) is 4.16. The van der Waals surface area contributed by atoms with Gasteiger partial charge in [-0.15, -0.1) is 5.10 Å². The van der Waals surface area contributed by atoms with E-state index in [4.69, 9.17) is 21.6 Å². The highest BCUT2D eigenvalue weighted by molar-refractivity contribution is 8.01. The third kappa shape index (κ3) is 2.78. The summed E-state index contributed by atoms with van der Waals surface area (Å²) < 4.78 is 11.9. The molecule has 0 aliphatic carbocycles. The van der Waals surface area contributed by atoms with E-state index in [-0.39, 0.29) is 11.3 Å². The molecule has 2 aromatic rings. The van der Waals surface area contributed by atoms with E-state index in [1.54, 1.807) is 4.68 Å². The second-order valence-corrected chi connectivity index (χ2v) is 6.50. The van der Waals surface area contributed by atoms with Gasteiger partial charge in [0.2, 0.25) is 5.16 Å². The molecule has 1 aliphatic heterocycles. The summed E-state index contributed by atoms with van der Waals surface area (Å²) >= 11 is 8.31. The number of halogens is 1. The van der Waals surface area contributed by atoms with Gasteiger partial charge < -0.3 is 4.74 Å². The maximum atomic E-state index is 9.06. The van der Waals surface area contributed by atoms with Crippen molar-refractivity contribution in [3.63, 3.8) is 0 Å². The van der Waals surface area contributed by atoms with Crippen molar-refractivity contribution in [2.75, 3.05) is 6.61 Å². The predicted octanol–water partition coefficient (Wildman–Crippen LogP) is 1.98. The molecule has 0 aromatic carbocycles. The average Bonchev–Trinajstić information content (AvgIpc) is 3.15. The lowest BCUT2D eigenvalue weighted by atomic mass is 10.2. The van der Waals surface area contributed by atoms with E-state index in [0.717, 1.165) is 19.4 Å². The second-order valence-electron chi connectivity index (χ2n) is 4.13. The predicted molar refractivity (Wildman–Crippen MR) is 72.8 cm³/mol. The fourth-order valence-corrected chi connectivity index (χ4v) is 3.90. The zero-order valence-corrected chi connectivity index (χ0v) is 12.6. The molecular weight excluding hydrogens is 320 g/mol. The zero-order valence-electron chi connectivity index (χ0n) is 10.2. The molecule has 0 saturated carbocycles. The standard InChI is InChI=1S/C10H9ClN6OS2/c11-8-7(4-12)9(20-14-8)19-10-13-15-16-17(10)5-6-2-1-3-18-6/h6H,1-3,5H2. The first-order valence-electron chi connectivity index (χ1n) is 5.89. The molecule has 1 saturated heterocycles. The highest BCUT2D eigenvalue weighted by Gasteiger charge is 2.21. The van der Waals surface area contributed by atoms with Crippen LogP contribution in [-0.2, 0) is 11.3 Å². The molecule has 1 atom stereocenters. The number of ether oxygens (including phenoxy) is 1. The first kappa shape index (κ1) is 13.8. The summed E-state index contributed by atoms with van der Waals surface area (Å²) in [7, 11) is 0. The molecule has 3 rings (SSSR count). The molecule has 0 radical (unpaired) electrons. The highest BCUT2D eigenvalue weighted by Crippen LogP contribution is 2.35. The minimum Gasteiger partial charge on any atom is -0.376 e. The molecule has 0 bridgehead atoms. The fourth-order valence-electron chi connectivity index (χ4n) is 1.87. The fraction of sp³-hybridized carbons (Fsp3) is 0.500. The van der Waals surface area contributed by atoms with Crippen LogP contribution in [0.1, 0.15) is 18.4 Å². The van der Waals surface area contributed by atoms with Gasteiger partial charge in [-0.1, -0.05) is 11.6 Å². The Balaban J connectivity index is 1.77. The normalized spacial score (nSPS) is 18.3. The van der Waals surface area contributed by atoms with Gasteiger partial charge in [0.1, 0.15) is 15.8 Å². The summed E-state index contributed by atoms with van der Waals surface area (Å²) in [4.78, 5) is 0. The van der Waals surface area contributed by atoms with Gasteiger partial charge >= 0.3 is 0 Å². The molecule has 104 valence electrons. The van der Waals surface area contributed by atoms with Crippen LogP contribution in [0.3, 0.4) is 0 Å². The van der Waals surface area contributed by atoms with Gasteiger partial charge in [-0.25, -0.2) is 4.68 Å². The Morgan fingerprint density at radius 1 is 1.60 bits per heavy atom. The number of aromatic nitrogens is 5. The first-order chi connectivity index (χ1) is 9.78. The van der Waals surface area contributed by atoms with Crippen LogP contribution in [0.5, 0.6) is 0 Å². The molecule has 2 aromatic heterocycles. The Bertz CT molecular complexity index is 644. The lowest BCUT2D eigenvalue weighted by Gasteiger charge is -2.09. The summed E-state index contributed by atoms with van der Waals surface area (Å²) in [6.07, 6.45) is 2.23. The Morgan fingerprint density at radius 3 is 3.25 bits per heavy atom. The molecule has 1 unspecified atom stereocenters. The highest BCUT2D eigenvalue weighted by atomic mass is 35.5. The van der Waals surface area contributed by atoms with Gasteiger partial charge in [0.25, 0.3) is 0 Å². The number of rotatable bonds is 4. The largest absolute Gasteiger partial charge is 0.376 e. The van der Waals surface area contributed by atoms with Crippen molar-refractivity contribution in [1.82, 2.24) is 24.6 Å². The molecule has 7 nitrogen and oxygen atoms in total. The topological polar surface area (TPSA) is 89.5 Å². The third-order valence-electron chi connectivity index (χ3n) is 2.81. The maximum Gasteiger partial charge on any atom is 0.215 e. The van der Waals surface area contributed by atoms with Crippen LogP contribution >= 0.6 is 34.9 Å². The molecule has 0 N–H and O–H groups in total. The SMILES string of the molecule is N#Cc1c(Cl)nsc1Sc1nnnn1CC1CCCO1. The van der Waals surface area contributed by atoms with Crippen molar-refractivity contribution < 1.29 is 4.74 Å². The van der Waals surface area contributed by atoms with Crippen molar-refractivity contribution in [2.24, 2.45) is 0 Å². The first-order valence-corrected chi connectivity index (χ1v) is 7.85. The van der Waals surface area contributed by atoms with Gasteiger partial charge in [-0.2, -0.15) is 9.64 Å². The van der Waals surface area contributed by atoms with Gasteiger partial charge in [-0.05, 0) is 46.6 Å². The molecule has 10 heteroatoms. The van der Waals surface area contributed by atoms with E-state index >= 15 is 0 Å². The minimum atomic E-state index is 0.151. The van der Waals surface area contributed by atoms with Crippen LogP contribution in [0.25, 0.3) is 0 Å². The molecule has 0 amide bonds. The van der Waals surface area contributed by atoms with Crippen LogP contribution in [0.2, 0.25) is 5.15 Å². The molecule has 20 heavy (non-hydrogen) atoms. The molecule has 1 aliphatic rings. The van der Waals surface area contributed by atoms with Crippen molar-refractivity contribution >= 4 is 34.9 Å². The summed E-state index contributed by atoms with van der Waals surface area (Å²) in [5, 5.41) is 21.5. The molecule has 3 heterocycles. The van der Waals surface area contributed by atoms with E-state index in [9.17, 15) is 0 Å². The van der Waals surface area contributed by atoms with E-state index < -0.39 is 0 Å². The number of hydrogen-bond donors (Lipinski definition) is 0. The van der Waals surface area contributed by atoms with E-state index in [1.807, 2.05) is 6.07 Å². The molecule has 0 spiro atoms. The third-order valence-corrected chi connectivity index (χ3v) is 5.17. The van der Waals surface area contributed by atoms with Crippen molar-refractivity contribution in [1.29, 1.82) is 5.26 Å². The van der Waals surface area contributed by atoms with E-state index in [2.05, 4.69) is 19.9 Å². The van der Waals surface area contributed by atoms with Gasteiger partial charge in [0.05, 0.1) is 12.6 Å². The number of nitrogens with zero attached hydrogens (tertiary/aromatic N) is 6. The van der Waals surface area contributed by atoms with Crippen molar-refractivity contribution in [3.8, 4) is 6.07 Å². The molecular formula is C10H9ClN6OS2. The molecule has 1 fully saturated rings. The Morgan fingerprint density at radius 2 is 2.50 bits per heavy atom. The van der Waals surface area contributed by atoms with Crippen molar-refractivity contribution in [2.45, 2.75) is 34.9 Å². The summed E-state index contributed by atoms with van der Waals surface area (Å²) in [5.74, 6) is 0. The lowest BCUT2D eigenvalue weighted by Crippen LogP contribution is -2.16. The van der Waals surface area contributed by atoms with Crippen molar-refractivity contribution in [3.05, 3.63) is 10.7 Å². The smallest absolute Gasteiger partial charge is 0.215 e. The minimum absolute atomic E-state index is 0.151.